The molecule has 2 aromatic rings. The maximum atomic E-state index is 13.8. The van der Waals surface area contributed by atoms with E-state index in [0.29, 0.717) is 18.2 Å². The summed E-state index contributed by atoms with van der Waals surface area (Å²) in [6.45, 7) is 1.01. The van der Waals surface area contributed by atoms with Gasteiger partial charge < -0.3 is 10.2 Å². The minimum atomic E-state index is -0.735. The van der Waals surface area contributed by atoms with E-state index in [2.05, 4.69) is 15.5 Å². The van der Waals surface area contributed by atoms with Crippen molar-refractivity contribution in [1.29, 1.82) is 0 Å². The lowest BCUT2D eigenvalue weighted by Crippen LogP contribution is -2.13. The molecule has 0 radical (unpaired) electrons. The van der Waals surface area contributed by atoms with Crippen LogP contribution in [0.3, 0.4) is 0 Å². The molecule has 1 aromatic carbocycles. The number of hydrogen-bond acceptors (Lipinski definition) is 5. The molecule has 3 heterocycles. The third-order valence-corrected chi connectivity index (χ3v) is 5.12. The van der Waals surface area contributed by atoms with Crippen LogP contribution in [-0.4, -0.2) is 17.2 Å². The Morgan fingerprint density at radius 3 is 2.83 bits per heavy atom. The molecule has 0 amide bonds. The van der Waals surface area contributed by atoms with Gasteiger partial charge in [0.15, 0.2) is 6.10 Å². The van der Waals surface area contributed by atoms with Crippen molar-refractivity contribution in [2.24, 2.45) is 5.16 Å². The normalized spacial score (nSPS) is 23.8. The Morgan fingerprint density at radius 2 is 2.09 bits per heavy atom. The topological polar surface area (TPSA) is 46.5 Å². The Labute approximate surface area is 136 Å². The van der Waals surface area contributed by atoms with Crippen LogP contribution >= 0.6 is 11.3 Å². The molecule has 4 nitrogen and oxygen atoms in total. The highest BCUT2D eigenvalue weighted by molar-refractivity contribution is 7.09. The number of nitrogens with one attached hydrogen (secondary N) is 1. The standard InChI is InChI=1S/C16H15F2N3OS/c17-9-3-1-4-10(18)15(9)14-7-12(21-22-14)13-8-23-16(20-13)11-5-2-6-19-11/h1,3-4,8,11,14,19H,2,5-7H2. The Morgan fingerprint density at radius 1 is 1.26 bits per heavy atom. The van der Waals surface area contributed by atoms with Gasteiger partial charge in [0.05, 0.1) is 17.3 Å². The van der Waals surface area contributed by atoms with E-state index in [1.165, 1.54) is 18.2 Å². The minimum Gasteiger partial charge on any atom is -0.387 e. The molecule has 120 valence electrons. The fourth-order valence-corrected chi connectivity index (χ4v) is 3.91. The molecule has 0 saturated carbocycles. The van der Waals surface area contributed by atoms with Gasteiger partial charge >= 0.3 is 0 Å². The molecular weight excluding hydrogens is 320 g/mol. The van der Waals surface area contributed by atoms with Crippen LogP contribution in [0, 0.1) is 11.6 Å². The highest BCUT2D eigenvalue weighted by Crippen LogP contribution is 2.34. The molecule has 0 aliphatic carbocycles. The van der Waals surface area contributed by atoms with Gasteiger partial charge in [0, 0.05) is 11.8 Å². The number of hydrogen-bond donors (Lipinski definition) is 1. The summed E-state index contributed by atoms with van der Waals surface area (Å²) in [7, 11) is 0. The molecule has 23 heavy (non-hydrogen) atoms. The molecule has 7 heteroatoms. The zero-order valence-electron chi connectivity index (χ0n) is 12.3. The lowest BCUT2D eigenvalue weighted by atomic mass is 10.0. The first-order valence-electron chi connectivity index (χ1n) is 7.58. The number of thiazole rings is 1. The summed E-state index contributed by atoms with van der Waals surface area (Å²) in [6, 6.07) is 4.10. The SMILES string of the molecule is Fc1cccc(F)c1C1CC(c2csc(C3CCCN3)n2)=NO1. The van der Waals surface area contributed by atoms with Crippen LogP contribution in [0.5, 0.6) is 0 Å². The lowest BCUT2D eigenvalue weighted by Gasteiger charge is -2.10. The third kappa shape index (κ3) is 2.74. The summed E-state index contributed by atoms with van der Waals surface area (Å²) < 4.78 is 27.7. The van der Waals surface area contributed by atoms with Crippen molar-refractivity contribution in [2.45, 2.75) is 31.4 Å². The van der Waals surface area contributed by atoms with E-state index in [1.54, 1.807) is 11.3 Å². The summed E-state index contributed by atoms with van der Waals surface area (Å²) in [4.78, 5) is 9.86. The smallest absolute Gasteiger partial charge is 0.164 e. The second-order valence-corrected chi connectivity index (χ2v) is 6.58. The first-order chi connectivity index (χ1) is 11.2. The predicted octanol–water partition coefficient (Wildman–Crippen LogP) is 3.71. The molecule has 0 spiro atoms. The Hall–Kier alpha value is -1.86. The molecule has 1 aromatic heterocycles. The van der Waals surface area contributed by atoms with Gasteiger partial charge in [-0.1, -0.05) is 11.2 Å². The van der Waals surface area contributed by atoms with Gasteiger partial charge in [0.1, 0.15) is 22.4 Å². The zero-order valence-corrected chi connectivity index (χ0v) is 13.1. The lowest BCUT2D eigenvalue weighted by molar-refractivity contribution is 0.0800. The largest absolute Gasteiger partial charge is 0.387 e. The number of benzene rings is 1. The van der Waals surface area contributed by atoms with Gasteiger partial charge in [-0.15, -0.1) is 11.3 Å². The van der Waals surface area contributed by atoms with Crippen LogP contribution in [0.15, 0.2) is 28.7 Å². The fraction of sp³-hybridized carbons (Fsp3) is 0.375. The van der Waals surface area contributed by atoms with Crippen molar-refractivity contribution in [3.05, 3.63) is 51.5 Å². The van der Waals surface area contributed by atoms with Crippen LogP contribution in [0.4, 0.5) is 8.78 Å². The van der Waals surface area contributed by atoms with Gasteiger partial charge in [0.2, 0.25) is 0 Å². The molecule has 1 fully saturated rings. The molecular formula is C16H15F2N3OS. The first kappa shape index (κ1) is 14.7. The average Bonchev–Trinajstić information content (AvgIpc) is 3.28. The van der Waals surface area contributed by atoms with Gasteiger partial charge in [-0.25, -0.2) is 13.8 Å². The van der Waals surface area contributed by atoms with Crippen LogP contribution in [0.25, 0.3) is 0 Å². The summed E-state index contributed by atoms with van der Waals surface area (Å²) in [5.74, 6) is -1.22. The minimum absolute atomic E-state index is 0.0702. The number of halogens is 2. The zero-order chi connectivity index (χ0) is 15.8. The molecule has 2 aliphatic rings. The van der Waals surface area contributed by atoms with E-state index in [-0.39, 0.29) is 5.56 Å². The van der Waals surface area contributed by atoms with Crippen LogP contribution < -0.4 is 5.32 Å². The average molecular weight is 335 g/mol. The molecule has 0 bridgehead atoms. The van der Waals surface area contributed by atoms with E-state index in [4.69, 9.17) is 4.84 Å². The van der Waals surface area contributed by atoms with E-state index in [1.807, 2.05) is 5.38 Å². The Bertz CT molecular complexity index is 735. The van der Waals surface area contributed by atoms with Gasteiger partial charge in [-0.3, -0.25) is 0 Å². The number of aromatic nitrogens is 1. The Balaban J connectivity index is 1.52. The fourth-order valence-electron chi connectivity index (χ4n) is 2.98. The van der Waals surface area contributed by atoms with E-state index >= 15 is 0 Å². The second-order valence-electron chi connectivity index (χ2n) is 5.69. The number of rotatable bonds is 3. The van der Waals surface area contributed by atoms with Gasteiger partial charge in [-0.2, -0.15) is 0 Å². The van der Waals surface area contributed by atoms with E-state index in [9.17, 15) is 8.78 Å². The van der Waals surface area contributed by atoms with Gasteiger partial charge in [-0.05, 0) is 31.5 Å². The van der Waals surface area contributed by atoms with Crippen molar-refractivity contribution >= 4 is 17.0 Å². The maximum Gasteiger partial charge on any atom is 0.164 e. The van der Waals surface area contributed by atoms with Crippen molar-refractivity contribution in [1.82, 2.24) is 10.3 Å². The van der Waals surface area contributed by atoms with Crippen LogP contribution in [0.2, 0.25) is 0 Å². The van der Waals surface area contributed by atoms with Crippen molar-refractivity contribution < 1.29 is 13.6 Å². The summed E-state index contributed by atoms with van der Waals surface area (Å²) in [5, 5.41) is 10.4. The number of nitrogens with zero attached hydrogens (tertiary/aromatic N) is 2. The molecule has 2 aliphatic heterocycles. The number of oxime groups is 1. The second kappa shape index (κ2) is 5.98. The highest BCUT2D eigenvalue weighted by Gasteiger charge is 2.30. The molecule has 4 rings (SSSR count). The van der Waals surface area contributed by atoms with E-state index in [0.717, 1.165) is 30.1 Å². The van der Waals surface area contributed by atoms with Crippen molar-refractivity contribution in [2.75, 3.05) is 6.54 Å². The van der Waals surface area contributed by atoms with Gasteiger partial charge in [0.25, 0.3) is 0 Å². The van der Waals surface area contributed by atoms with Crippen LogP contribution in [-0.2, 0) is 4.84 Å². The first-order valence-corrected chi connectivity index (χ1v) is 8.46. The van der Waals surface area contributed by atoms with Crippen molar-refractivity contribution in [3.63, 3.8) is 0 Å². The maximum absolute atomic E-state index is 13.8. The van der Waals surface area contributed by atoms with E-state index < -0.39 is 17.7 Å². The van der Waals surface area contributed by atoms with Crippen LogP contribution in [0.1, 0.15) is 47.7 Å². The quantitative estimate of drug-likeness (QED) is 0.930. The third-order valence-electron chi connectivity index (χ3n) is 4.17. The molecule has 2 unspecified atom stereocenters. The Kier molecular flexibility index (Phi) is 3.82. The molecule has 1 saturated heterocycles. The molecule has 2 atom stereocenters. The summed E-state index contributed by atoms with van der Waals surface area (Å²) in [6.07, 6.45) is 1.82. The predicted molar refractivity (Wildman–Crippen MR) is 83.4 cm³/mol. The summed E-state index contributed by atoms with van der Waals surface area (Å²) in [5.41, 5.74) is 1.30. The van der Waals surface area contributed by atoms with Crippen molar-refractivity contribution in [3.8, 4) is 0 Å². The monoisotopic (exact) mass is 335 g/mol. The highest BCUT2D eigenvalue weighted by atomic mass is 32.1. The summed E-state index contributed by atoms with van der Waals surface area (Å²) >= 11 is 1.58. The molecule has 1 N–H and O–H groups in total.